The van der Waals surface area contributed by atoms with Gasteiger partial charge in [0.15, 0.2) is 11.5 Å². The first kappa shape index (κ1) is 15.2. The van der Waals surface area contributed by atoms with Crippen LogP contribution in [0.15, 0.2) is 46.0 Å². The number of hydrogen-bond acceptors (Lipinski definition) is 5. The number of hydrogen-bond donors (Lipinski definition) is 1. The summed E-state index contributed by atoms with van der Waals surface area (Å²) in [4.78, 5) is 13.7. The van der Waals surface area contributed by atoms with Crippen molar-refractivity contribution < 1.29 is 9.90 Å². The normalized spacial score (nSPS) is 17.0. The van der Waals surface area contributed by atoms with Crippen LogP contribution in [0.5, 0.6) is 0 Å². The molecule has 0 radical (unpaired) electrons. The van der Waals surface area contributed by atoms with Crippen LogP contribution in [0.3, 0.4) is 0 Å². The molecule has 0 atom stereocenters. The van der Waals surface area contributed by atoms with E-state index in [0.717, 1.165) is 13.1 Å². The third-order valence-corrected chi connectivity index (χ3v) is 3.51. The lowest BCUT2D eigenvalue weighted by Gasteiger charge is -2.28. The Bertz CT molecular complexity index is 551. The smallest absolute Gasteiger partial charge is 0.183 e. The van der Waals surface area contributed by atoms with E-state index in [0.29, 0.717) is 5.69 Å². The lowest BCUT2D eigenvalue weighted by Crippen LogP contribution is -2.29. The molecule has 1 aliphatic heterocycles. The lowest BCUT2D eigenvalue weighted by atomic mass is 10.1. The fraction of sp³-hybridized carbons (Fsp3) is 0.438. The summed E-state index contributed by atoms with van der Waals surface area (Å²) >= 11 is 0. The summed E-state index contributed by atoms with van der Waals surface area (Å²) in [5.41, 5.74) is 1.85. The van der Waals surface area contributed by atoms with Gasteiger partial charge < -0.3 is 10.0 Å². The van der Waals surface area contributed by atoms with E-state index in [1.807, 2.05) is 24.3 Å². The van der Waals surface area contributed by atoms with Gasteiger partial charge in [0, 0.05) is 25.7 Å². The van der Waals surface area contributed by atoms with E-state index in [4.69, 9.17) is 0 Å². The molecule has 5 nitrogen and oxygen atoms in total. The fourth-order valence-electron chi connectivity index (χ4n) is 2.39. The Morgan fingerprint density at radius 1 is 1.10 bits per heavy atom. The zero-order chi connectivity index (χ0) is 15.2. The number of rotatable bonds is 4. The Labute approximate surface area is 125 Å². The van der Waals surface area contributed by atoms with Gasteiger partial charge in [-0.25, -0.2) is 0 Å². The quantitative estimate of drug-likeness (QED) is 0.514. The molecule has 0 bridgehead atoms. The number of allylic oxidation sites excluding steroid dienone is 2. The number of azo groups is 1. The molecule has 0 spiro atoms. The Morgan fingerprint density at radius 3 is 2.24 bits per heavy atom. The first-order chi connectivity index (χ1) is 10.1. The fourth-order valence-corrected chi connectivity index (χ4v) is 2.39. The molecule has 0 saturated carbocycles. The van der Waals surface area contributed by atoms with Crippen LogP contribution in [0.25, 0.3) is 0 Å². The number of aliphatic hydroxyl groups is 1. The highest BCUT2D eigenvalue weighted by Crippen LogP contribution is 2.23. The molecule has 1 fully saturated rings. The second-order valence-corrected chi connectivity index (χ2v) is 5.25. The molecule has 1 aromatic carbocycles. The highest BCUT2D eigenvalue weighted by Gasteiger charge is 2.10. The molecule has 0 aromatic heterocycles. The maximum Gasteiger partial charge on any atom is 0.183 e. The number of Topliss-reactive ketones (excluding diaryl/α,β-unsaturated/α-hetero) is 1. The minimum Gasteiger partial charge on any atom is -0.510 e. The first-order valence-corrected chi connectivity index (χ1v) is 7.25. The summed E-state index contributed by atoms with van der Waals surface area (Å²) in [7, 11) is 0. The van der Waals surface area contributed by atoms with Gasteiger partial charge in [-0.05, 0) is 50.5 Å². The summed E-state index contributed by atoms with van der Waals surface area (Å²) in [6.45, 7) is 4.98. The van der Waals surface area contributed by atoms with Crippen LogP contribution in [0.4, 0.5) is 11.4 Å². The number of carbonyl (C=O) groups is 1. The van der Waals surface area contributed by atoms with Crippen molar-refractivity contribution in [3.63, 3.8) is 0 Å². The van der Waals surface area contributed by atoms with Crippen molar-refractivity contribution in [1.82, 2.24) is 0 Å². The van der Waals surface area contributed by atoms with Crippen molar-refractivity contribution in [3.8, 4) is 0 Å². The maximum atomic E-state index is 11.3. The third-order valence-electron chi connectivity index (χ3n) is 3.51. The summed E-state index contributed by atoms with van der Waals surface area (Å²) in [5, 5.41) is 17.2. The molecule has 0 unspecified atom stereocenters. The molecule has 5 heteroatoms. The monoisotopic (exact) mass is 287 g/mol. The lowest BCUT2D eigenvalue weighted by molar-refractivity contribution is -0.113. The van der Waals surface area contributed by atoms with Crippen molar-refractivity contribution in [1.29, 1.82) is 0 Å². The highest BCUT2D eigenvalue weighted by atomic mass is 16.3. The number of piperidine rings is 1. The molecule has 112 valence electrons. The number of benzene rings is 1. The van der Waals surface area contributed by atoms with Crippen LogP contribution in [-0.2, 0) is 4.79 Å². The molecule has 1 heterocycles. The molecule has 1 aromatic rings. The number of aliphatic hydroxyl groups excluding tert-OH is 1. The van der Waals surface area contributed by atoms with Crippen LogP contribution in [0.1, 0.15) is 33.1 Å². The third kappa shape index (κ3) is 4.15. The van der Waals surface area contributed by atoms with Crippen molar-refractivity contribution in [2.45, 2.75) is 33.1 Å². The summed E-state index contributed by atoms with van der Waals surface area (Å²) < 4.78 is 0. The predicted molar refractivity (Wildman–Crippen MR) is 83.0 cm³/mol. The van der Waals surface area contributed by atoms with Gasteiger partial charge in [-0.1, -0.05) is 0 Å². The average Bonchev–Trinajstić information content (AvgIpc) is 2.48. The Morgan fingerprint density at radius 2 is 1.71 bits per heavy atom. The largest absolute Gasteiger partial charge is 0.510 e. The molecule has 0 amide bonds. The summed E-state index contributed by atoms with van der Waals surface area (Å²) in [6, 6.07) is 7.78. The van der Waals surface area contributed by atoms with Gasteiger partial charge in [-0.15, -0.1) is 5.11 Å². The van der Waals surface area contributed by atoms with Crippen LogP contribution in [-0.4, -0.2) is 24.0 Å². The first-order valence-electron chi connectivity index (χ1n) is 7.25. The van der Waals surface area contributed by atoms with E-state index in [2.05, 4.69) is 15.1 Å². The molecule has 1 aliphatic rings. The standard InChI is InChI=1S/C16H21N3O2/c1-12(20)16(13(2)21)18-17-14-6-8-15(9-7-14)19-10-4-3-5-11-19/h6-9,20H,3-5,10-11H2,1-2H3. The number of ketones is 1. The topological polar surface area (TPSA) is 65.3 Å². The molecule has 21 heavy (non-hydrogen) atoms. The van der Waals surface area contributed by atoms with E-state index in [1.54, 1.807) is 0 Å². The van der Waals surface area contributed by atoms with Gasteiger partial charge in [-0.2, -0.15) is 5.11 Å². The van der Waals surface area contributed by atoms with Crippen LogP contribution >= 0.6 is 0 Å². The van der Waals surface area contributed by atoms with Crippen molar-refractivity contribution in [3.05, 3.63) is 35.7 Å². The Hall–Kier alpha value is -2.17. The number of nitrogens with zero attached hydrogens (tertiary/aromatic N) is 3. The van der Waals surface area contributed by atoms with Crippen molar-refractivity contribution in [2.75, 3.05) is 18.0 Å². The van der Waals surface area contributed by atoms with Crippen molar-refractivity contribution >= 4 is 17.2 Å². The van der Waals surface area contributed by atoms with Gasteiger partial charge in [0.25, 0.3) is 0 Å². The summed E-state index contributed by atoms with van der Waals surface area (Å²) in [5.74, 6) is -0.417. The minimum atomic E-state index is -0.302. The van der Waals surface area contributed by atoms with Gasteiger partial charge in [0.05, 0.1) is 5.69 Å². The van der Waals surface area contributed by atoms with Crippen LogP contribution < -0.4 is 4.90 Å². The second kappa shape index (κ2) is 7.02. The SMILES string of the molecule is CC(=O)C(N=Nc1ccc(N2CCCCC2)cc1)=C(C)O. The van der Waals surface area contributed by atoms with E-state index < -0.39 is 0 Å². The number of carbonyl (C=O) groups excluding carboxylic acids is 1. The summed E-state index contributed by atoms with van der Waals surface area (Å²) in [6.07, 6.45) is 3.79. The number of anilines is 1. The van der Waals surface area contributed by atoms with Gasteiger partial charge in [0.2, 0.25) is 0 Å². The maximum absolute atomic E-state index is 11.3. The van der Waals surface area contributed by atoms with Crippen LogP contribution in [0.2, 0.25) is 0 Å². The molecule has 0 aliphatic carbocycles. The van der Waals surface area contributed by atoms with Crippen LogP contribution in [0, 0.1) is 0 Å². The molecule has 1 saturated heterocycles. The van der Waals surface area contributed by atoms with E-state index in [-0.39, 0.29) is 17.2 Å². The predicted octanol–water partition coefficient (Wildman–Crippen LogP) is 4.14. The molecule has 2 rings (SSSR count). The van der Waals surface area contributed by atoms with Crippen molar-refractivity contribution in [2.24, 2.45) is 10.2 Å². The average molecular weight is 287 g/mol. The zero-order valence-electron chi connectivity index (χ0n) is 12.5. The second-order valence-electron chi connectivity index (χ2n) is 5.25. The highest BCUT2D eigenvalue weighted by molar-refractivity contribution is 5.93. The molecular weight excluding hydrogens is 266 g/mol. The zero-order valence-corrected chi connectivity index (χ0v) is 12.5. The van der Waals surface area contributed by atoms with Gasteiger partial charge in [-0.3, -0.25) is 4.79 Å². The molecule has 1 N–H and O–H groups in total. The van der Waals surface area contributed by atoms with E-state index in [1.165, 1.54) is 38.8 Å². The minimum absolute atomic E-state index is 0.00453. The molecular formula is C16H21N3O2. The van der Waals surface area contributed by atoms with E-state index >= 15 is 0 Å². The van der Waals surface area contributed by atoms with Gasteiger partial charge >= 0.3 is 0 Å². The van der Waals surface area contributed by atoms with Gasteiger partial charge in [0.1, 0.15) is 5.76 Å². The van der Waals surface area contributed by atoms with E-state index in [9.17, 15) is 9.90 Å². The Balaban J connectivity index is 2.08. The Kier molecular flexibility index (Phi) is 5.09.